The minimum atomic E-state index is 0.865. The molecular formula is C17H23N3. The van der Waals surface area contributed by atoms with E-state index >= 15 is 0 Å². The highest BCUT2D eigenvalue weighted by Gasteiger charge is 2.10. The standard InChI is InChI=1S/C17H23N3/c1-5-15-10-14(12-18-3)11-17(19-15)20(4)16-9-7-6-8-13(16)2/h6-11,18H,5,12H2,1-4H3. The summed E-state index contributed by atoms with van der Waals surface area (Å²) in [4.78, 5) is 6.91. The van der Waals surface area contributed by atoms with E-state index in [0.717, 1.165) is 24.5 Å². The third kappa shape index (κ3) is 3.17. The predicted octanol–water partition coefficient (Wildman–Crippen LogP) is 3.44. The second kappa shape index (κ2) is 6.53. The molecule has 0 aliphatic rings. The lowest BCUT2D eigenvalue weighted by Crippen LogP contribution is -2.15. The Morgan fingerprint density at radius 3 is 2.60 bits per heavy atom. The van der Waals surface area contributed by atoms with E-state index in [2.05, 4.69) is 67.5 Å². The first-order valence-electron chi connectivity index (χ1n) is 7.09. The van der Waals surface area contributed by atoms with Crippen LogP contribution in [0.4, 0.5) is 11.5 Å². The van der Waals surface area contributed by atoms with Crippen LogP contribution in [0, 0.1) is 6.92 Å². The van der Waals surface area contributed by atoms with E-state index in [1.807, 2.05) is 7.05 Å². The molecule has 20 heavy (non-hydrogen) atoms. The Morgan fingerprint density at radius 1 is 1.20 bits per heavy atom. The molecule has 1 aromatic heterocycles. The van der Waals surface area contributed by atoms with Crippen molar-refractivity contribution in [1.29, 1.82) is 0 Å². The van der Waals surface area contributed by atoms with Crippen LogP contribution >= 0.6 is 0 Å². The summed E-state index contributed by atoms with van der Waals surface area (Å²) in [6.07, 6.45) is 0.951. The lowest BCUT2D eigenvalue weighted by molar-refractivity contribution is 0.811. The molecule has 0 saturated carbocycles. The van der Waals surface area contributed by atoms with E-state index in [1.54, 1.807) is 0 Å². The summed E-state index contributed by atoms with van der Waals surface area (Å²) >= 11 is 0. The molecule has 0 radical (unpaired) electrons. The lowest BCUT2D eigenvalue weighted by atomic mass is 10.1. The second-order valence-corrected chi connectivity index (χ2v) is 5.05. The SMILES string of the molecule is CCc1cc(CNC)cc(N(C)c2ccccc2C)n1. The summed E-state index contributed by atoms with van der Waals surface area (Å²) in [6, 6.07) is 12.7. The number of anilines is 2. The molecule has 0 unspecified atom stereocenters. The molecule has 3 heteroatoms. The zero-order valence-electron chi connectivity index (χ0n) is 12.8. The summed E-state index contributed by atoms with van der Waals surface area (Å²) in [5.74, 6) is 1.00. The summed E-state index contributed by atoms with van der Waals surface area (Å²) in [7, 11) is 4.05. The maximum atomic E-state index is 4.75. The Labute approximate surface area is 121 Å². The molecule has 0 atom stereocenters. The number of aromatic nitrogens is 1. The number of nitrogens with one attached hydrogen (secondary N) is 1. The molecule has 0 saturated heterocycles. The fraction of sp³-hybridized carbons (Fsp3) is 0.353. The molecule has 1 aromatic carbocycles. The predicted molar refractivity (Wildman–Crippen MR) is 85.6 cm³/mol. The van der Waals surface area contributed by atoms with Gasteiger partial charge in [-0.15, -0.1) is 0 Å². The molecule has 2 aromatic rings. The second-order valence-electron chi connectivity index (χ2n) is 5.05. The van der Waals surface area contributed by atoms with Gasteiger partial charge in [0.2, 0.25) is 0 Å². The van der Waals surface area contributed by atoms with Crippen LogP contribution < -0.4 is 10.2 Å². The zero-order valence-corrected chi connectivity index (χ0v) is 12.8. The van der Waals surface area contributed by atoms with Crippen molar-refractivity contribution in [3.8, 4) is 0 Å². The van der Waals surface area contributed by atoms with Crippen LogP contribution in [0.15, 0.2) is 36.4 Å². The number of nitrogens with zero attached hydrogens (tertiary/aromatic N) is 2. The van der Waals surface area contributed by atoms with Crippen LogP contribution in [-0.4, -0.2) is 19.1 Å². The van der Waals surface area contributed by atoms with Crippen LogP contribution in [-0.2, 0) is 13.0 Å². The highest BCUT2D eigenvalue weighted by Crippen LogP contribution is 2.26. The van der Waals surface area contributed by atoms with E-state index in [-0.39, 0.29) is 0 Å². The van der Waals surface area contributed by atoms with E-state index < -0.39 is 0 Å². The fourth-order valence-electron chi connectivity index (χ4n) is 2.36. The van der Waals surface area contributed by atoms with Crippen LogP contribution in [0.5, 0.6) is 0 Å². The van der Waals surface area contributed by atoms with Crippen LogP contribution in [0.25, 0.3) is 0 Å². The van der Waals surface area contributed by atoms with Crippen molar-refractivity contribution in [2.45, 2.75) is 26.8 Å². The highest BCUT2D eigenvalue weighted by atomic mass is 15.2. The van der Waals surface area contributed by atoms with Gasteiger partial charge in [0.1, 0.15) is 5.82 Å². The Hall–Kier alpha value is -1.87. The third-order valence-corrected chi connectivity index (χ3v) is 3.49. The van der Waals surface area contributed by atoms with Gasteiger partial charge in [-0.3, -0.25) is 0 Å². The van der Waals surface area contributed by atoms with Gasteiger partial charge in [-0.2, -0.15) is 0 Å². The minimum absolute atomic E-state index is 0.865. The van der Waals surface area contributed by atoms with Gasteiger partial charge in [-0.1, -0.05) is 25.1 Å². The highest BCUT2D eigenvalue weighted by molar-refractivity contribution is 5.63. The van der Waals surface area contributed by atoms with Crippen molar-refractivity contribution in [1.82, 2.24) is 10.3 Å². The molecule has 0 fully saturated rings. The van der Waals surface area contributed by atoms with Crippen molar-refractivity contribution in [3.63, 3.8) is 0 Å². The van der Waals surface area contributed by atoms with Crippen LogP contribution in [0.3, 0.4) is 0 Å². The molecule has 1 N–H and O–H groups in total. The number of pyridine rings is 1. The normalized spacial score (nSPS) is 10.6. The van der Waals surface area contributed by atoms with E-state index in [0.29, 0.717) is 0 Å². The molecule has 0 aliphatic carbocycles. The number of aryl methyl sites for hydroxylation is 2. The maximum absolute atomic E-state index is 4.75. The van der Waals surface area contributed by atoms with Crippen LogP contribution in [0.1, 0.15) is 23.7 Å². The van der Waals surface area contributed by atoms with Crippen molar-refractivity contribution >= 4 is 11.5 Å². The molecule has 2 rings (SSSR count). The number of para-hydroxylation sites is 1. The van der Waals surface area contributed by atoms with Crippen LogP contribution in [0.2, 0.25) is 0 Å². The molecule has 0 amide bonds. The third-order valence-electron chi connectivity index (χ3n) is 3.49. The molecule has 0 spiro atoms. The van der Waals surface area contributed by atoms with Crippen molar-refractivity contribution in [2.24, 2.45) is 0 Å². The zero-order chi connectivity index (χ0) is 14.5. The van der Waals surface area contributed by atoms with Crippen molar-refractivity contribution in [2.75, 3.05) is 19.0 Å². The smallest absolute Gasteiger partial charge is 0.133 e. The van der Waals surface area contributed by atoms with Gasteiger partial charge in [0.05, 0.1) is 0 Å². The van der Waals surface area contributed by atoms with Crippen molar-refractivity contribution < 1.29 is 0 Å². The average molecular weight is 269 g/mol. The molecule has 3 nitrogen and oxygen atoms in total. The van der Waals surface area contributed by atoms with Gasteiger partial charge >= 0.3 is 0 Å². The fourth-order valence-corrected chi connectivity index (χ4v) is 2.36. The van der Waals surface area contributed by atoms with Gasteiger partial charge in [0.15, 0.2) is 0 Å². The number of hydrogen-bond acceptors (Lipinski definition) is 3. The maximum Gasteiger partial charge on any atom is 0.133 e. The van der Waals surface area contributed by atoms with E-state index in [9.17, 15) is 0 Å². The Balaban J connectivity index is 2.40. The first-order valence-corrected chi connectivity index (χ1v) is 7.09. The topological polar surface area (TPSA) is 28.2 Å². The Morgan fingerprint density at radius 2 is 1.95 bits per heavy atom. The summed E-state index contributed by atoms with van der Waals surface area (Å²) in [6.45, 7) is 5.14. The van der Waals surface area contributed by atoms with E-state index in [1.165, 1.54) is 16.8 Å². The summed E-state index contributed by atoms with van der Waals surface area (Å²) in [5.41, 5.74) is 4.86. The van der Waals surface area contributed by atoms with Crippen molar-refractivity contribution in [3.05, 3.63) is 53.2 Å². The lowest BCUT2D eigenvalue weighted by Gasteiger charge is -2.22. The van der Waals surface area contributed by atoms with Gasteiger partial charge in [0, 0.05) is 25.0 Å². The Bertz CT molecular complexity index is 578. The first kappa shape index (κ1) is 14.5. The van der Waals surface area contributed by atoms with Gasteiger partial charge < -0.3 is 10.2 Å². The molecule has 106 valence electrons. The van der Waals surface area contributed by atoms with E-state index in [4.69, 9.17) is 4.98 Å². The van der Waals surface area contributed by atoms with Gasteiger partial charge in [-0.25, -0.2) is 4.98 Å². The number of benzene rings is 1. The first-order chi connectivity index (χ1) is 9.65. The molecule has 0 bridgehead atoms. The number of rotatable bonds is 5. The monoisotopic (exact) mass is 269 g/mol. The summed E-state index contributed by atoms with van der Waals surface area (Å²) < 4.78 is 0. The molecular weight excluding hydrogens is 246 g/mol. The average Bonchev–Trinajstić information content (AvgIpc) is 2.47. The minimum Gasteiger partial charge on any atom is -0.329 e. The quantitative estimate of drug-likeness (QED) is 0.901. The summed E-state index contributed by atoms with van der Waals surface area (Å²) in [5, 5.41) is 3.21. The van der Waals surface area contributed by atoms with Gasteiger partial charge in [0.25, 0.3) is 0 Å². The molecule has 1 heterocycles. The molecule has 0 aliphatic heterocycles. The van der Waals surface area contributed by atoms with Gasteiger partial charge in [-0.05, 0) is 49.7 Å². The largest absolute Gasteiger partial charge is 0.329 e. The number of hydrogen-bond donors (Lipinski definition) is 1. The Kier molecular flexibility index (Phi) is 4.74.